The summed E-state index contributed by atoms with van der Waals surface area (Å²) in [5, 5.41) is 52.7. The molecule has 5 N–H and O–H groups in total. The van der Waals surface area contributed by atoms with Crippen LogP contribution < -0.4 is 14.5 Å². The molecular weight excluding hydrogens is 538 g/mol. The molecule has 0 saturated heterocycles. The van der Waals surface area contributed by atoms with Crippen LogP contribution in [0.15, 0.2) is 79.1 Å². The minimum absolute atomic E-state index is 0.00142. The van der Waals surface area contributed by atoms with Crippen molar-refractivity contribution in [2.75, 3.05) is 20.8 Å². The van der Waals surface area contributed by atoms with Crippen molar-refractivity contribution in [1.29, 1.82) is 0 Å². The number of carbonyl (C=O) groups is 1. The number of phenolic OH excluding ortho intramolecular Hbond substituents is 3. The minimum Gasteiger partial charge on any atom is -0.670 e. The van der Waals surface area contributed by atoms with E-state index < -0.39 is 29.8 Å². The van der Waals surface area contributed by atoms with Gasteiger partial charge < -0.3 is 40.0 Å². The number of ether oxygens (including phenoxy) is 2. The summed E-state index contributed by atoms with van der Waals surface area (Å²) in [7, 11) is 2.87. The van der Waals surface area contributed by atoms with E-state index in [1.807, 2.05) is 6.07 Å². The number of carbonyl (C=O) groups excluding carboxylic acids is 1. The van der Waals surface area contributed by atoms with E-state index >= 15 is 0 Å². The molecule has 4 aromatic rings. The number of benzene rings is 3. The lowest BCUT2D eigenvalue weighted by atomic mass is 9.70. The molecule has 4 rings (SSSR count). The van der Waals surface area contributed by atoms with Gasteiger partial charge in [-0.15, -0.1) is 0 Å². The lowest BCUT2D eigenvalue weighted by Crippen LogP contribution is -2.44. The number of Topliss-reactive ketones (excluding diaryl/α,β-unsaturated/α-hetero) is 1. The monoisotopic (exact) mass is 574 g/mol. The van der Waals surface area contributed by atoms with Gasteiger partial charge in [0.25, 0.3) is 0 Å². The summed E-state index contributed by atoms with van der Waals surface area (Å²) in [6, 6.07) is 17.7. The molecule has 0 saturated carbocycles. The molecule has 9 nitrogen and oxygen atoms in total. The molecule has 0 aliphatic carbocycles. The van der Waals surface area contributed by atoms with Crippen LogP contribution in [0.2, 0.25) is 0 Å². The van der Waals surface area contributed by atoms with Crippen LogP contribution in [-0.2, 0) is 29.5 Å². The van der Waals surface area contributed by atoms with Crippen molar-refractivity contribution in [3.05, 3.63) is 101 Å². The fourth-order valence-electron chi connectivity index (χ4n) is 5.37. The first-order valence-corrected chi connectivity index (χ1v) is 13.6. The van der Waals surface area contributed by atoms with Crippen LogP contribution in [-0.4, -0.2) is 58.2 Å². The van der Waals surface area contributed by atoms with Crippen LogP contribution in [0.4, 0.5) is 0 Å². The lowest BCUT2D eigenvalue weighted by molar-refractivity contribution is -0.129. The topological polar surface area (TPSA) is 151 Å². The molecule has 0 spiro atoms. The maximum atomic E-state index is 14.2. The second-order valence-corrected chi connectivity index (χ2v) is 10.5. The molecule has 222 valence electrons. The van der Waals surface area contributed by atoms with Crippen molar-refractivity contribution < 1.29 is 39.8 Å². The highest BCUT2D eigenvalue weighted by Crippen LogP contribution is 2.37. The number of hydrogen-bond acceptors (Lipinski definition) is 8. The fourth-order valence-corrected chi connectivity index (χ4v) is 5.37. The second-order valence-electron chi connectivity index (χ2n) is 10.5. The van der Waals surface area contributed by atoms with Gasteiger partial charge in [0, 0.05) is 6.42 Å². The number of hydrogen-bond donors (Lipinski definition) is 5. The molecule has 0 amide bonds. The average molecular weight is 575 g/mol. The molecule has 42 heavy (non-hydrogen) atoms. The number of aromatic nitrogens is 1. The maximum absolute atomic E-state index is 14.2. The van der Waals surface area contributed by atoms with Gasteiger partial charge in [0.1, 0.15) is 11.5 Å². The van der Waals surface area contributed by atoms with Crippen molar-refractivity contribution in [2.45, 2.75) is 37.2 Å². The van der Waals surface area contributed by atoms with Crippen LogP contribution >= 0.6 is 0 Å². The molecule has 0 aliphatic rings. The van der Waals surface area contributed by atoms with Gasteiger partial charge in [0.2, 0.25) is 0 Å². The molecule has 0 aliphatic heterocycles. The Morgan fingerprint density at radius 2 is 1.50 bits per heavy atom. The third kappa shape index (κ3) is 6.87. The number of rotatable bonds is 14. The zero-order chi connectivity index (χ0) is 30.3. The van der Waals surface area contributed by atoms with Crippen molar-refractivity contribution in [3.63, 3.8) is 0 Å². The minimum atomic E-state index is -1.50. The van der Waals surface area contributed by atoms with E-state index in [0.29, 0.717) is 29.7 Å². The summed E-state index contributed by atoms with van der Waals surface area (Å²) in [5.41, 5.74) is 1.21. The van der Waals surface area contributed by atoms with Crippen LogP contribution in [0.3, 0.4) is 0 Å². The normalized spacial score (nSPS) is 14.1. The summed E-state index contributed by atoms with van der Waals surface area (Å²) in [6.45, 7) is -0.586. The van der Waals surface area contributed by atoms with Gasteiger partial charge in [-0.2, -0.15) is 12.4 Å². The third-order valence-electron chi connectivity index (χ3n) is 7.75. The van der Waals surface area contributed by atoms with Crippen molar-refractivity contribution in [2.24, 2.45) is 5.92 Å². The van der Waals surface area contributed by atoms with E-state index in [9.17, 15) is 30.3 Å². The average Bonchev–Trinajstić information content (AvgIpc) is 3.50. The predicted octanol–water partition coefficient (Wildman–Crippen LogP) is 3.67. The molecule has 3 aromatic carbocycles. The van der Waals surface area contributed by atoms with Gasteiger partial charge >= 0.3 is 0 Å². The summed E-state index contributed by atoms with van der Waals surface area (Å²) < 4.78 is 10.5. The van der Waals surface area contributed by atoms with E-state index in [1.54, 1.807) is 48.8 Å². The maximum Gasteiger partial charge on any atom is 0.160 e. The Kier molecular flexibility index (Phi) is 9.77. The quantitative estimate of drug-likeness (QED) is 0.152. The standard InChI is InChI=1S/C33H36NO8/c1-41-30-14-21(6-8-27(30)37)12-24(13-23-10-11-34-19-23)29(39)17-32(40)33(20-35,25-4-3-5-26(36)16-25)18-22-7-9-28(38)31(15-22)42-2/h3-11,14-16,19,24,29,35-39H,12-13,17-18,20H2,1-2H3/q-1/t24-,29-,33+/m1/s1. The summed E-state index contributed by atoms with van der Waals surface area (Å²) >= 11 is 0. The zero-order valence-electron chi connectivity index (χ0n) is 23.6. The number of ketones is 1. The Morgan fingerprint density at radius 1 is 0.857 bits per heavy atom. The van der Waals surface area contributed by atoms with E-state index in [-0.39, 0.29) is 35.8 Å². The van der Waals surface area contributed by atoms with Crippen LogP contribution in [0.5, 0.6) is 28.7 Å². The number of aliphatic hydroxyl groups excluding tert-OH is 2. The smallest absolute Gasteiger partial charge is 0.160 e. The van der Waals surface area contributed by atoms with E-state index in [1.165, 1.54) is 38.5 Å². The number of nitrogens with zero attached hydrogens (tertiary/aromatic N) is 1. The molecule has 0 bridgehead atoms. The molecule has 0 unspecified atom stereocenters. The molecular formula is C33H36NO8-. The molecule has 0 fully saturated rings. The Hall–Kier alpha value is -4.47. The van der Waals surface area contributed by atoms with E-state index in [0.717, 1.165) is 11.1 Å². The lowest BCUT2D eigenvalue weighted by Gasteiger charge is -2.33. The number of phenols is 3. The molecule has 0 radical (unpaired) electrons. The first-order valence-electron chi connectivity index (χ1n) is 13.6. The summed E-state index contributed by atoms with van der Waals surface area (Å²) in [4.78, 5) is 18.3. The van der Waals surface area contributed by atoms with Gasteiger partial charge in [-0.25, -0.2) is 0 Å². The Balaban J connectivity index is 1.68. The van der Waals surface area contributed by atoms with Gasteiger partial charge in [-0.1, -0.05) is 35.9 Å². The third-order valence-corrected chi connectivity index (χ3v) is 7.75. The molecule has 1 aromatic heterocycles. The highest BCUT2D eigenvalue weighted by atomic mass is 16.5. The fraction of sp³-hybridized carbons (Fsp3) is 0.303. The highest BCUT2D eigenvalue weighted by Gasteiger charge is 2.41. The van der Waals surface area contributed by atoms with Crippen LogP contribution in [0, 0.1) is 5.92 Å². The number of aliphatic hydroxyl groups is 2. The van der Waals surface area contributed by atoms with Crippen molar-refractivity contribution in [3.8, 4) is 28.7 Å². The number of methoxy groups -OCH3 is 2. The molecule has 3 atom stereocenters. The largest absolute Gasteiger partial charge is 0.670 e. The first kappa shape index (κ1) is 30.5. The van der Waals surface area contributed by atoms with Gasteiger partial charge in [0.15, 0.2) is 23.0 Å². The molecule has 1 heterocycles. The van der Waals surface area contributed by atoms with E-state index in [4.69, 9.17) is 9.47 Å². The van der Waals surface area contributed by atoms with E-state index in [2.05, 4.69) is 4.98 Å². The Bertz CT molecular complexity index is 1490. The summed E-state index contributed by atoms with van der Waals surface area (Å²) in [6.07, 6.45) is 2.83. The van der Waals surface area contributed by atoms with Gasteiger partial charge in [-0.05, 0) is 78.3 Å². The Labute approximate surface area is 244 Å². The second kappa shape index (κ2) is 13.5. The predicted molar refractivity (Wildman–Crippen MR) is 156 cm³/mol. The van der Waals surface area contributed by atoms with Gasteiger partial charge in [0.05, 0.1) is 32.3 Å². The highest BCUT2D eigenvalue weighted by molar-refractivity contribution is 5.91. The van der Waals surface area contributed by atoms with Gasteiger partial charge in [-0.3, -0.25) is 4.79 Å². The van der Waals surface area contributed by atoms with Crippen LogP contribution in [0.25, 0.3) is 0 Å². The van der Waals surface area contributed by atoms with Crippen LogP contribution in [0.1, 0.15) is 28.7 Å². The Morgan fingerprint density at radius 3 is 2.10 bits per heavy atom. The SMILES string of the molecule is COc1cc(C[C@H](Cc2cc[n-]c2)[C@H](O)CC(=O)[C@](CO)(Cc2ccc(O)c(OC)c2)c2cccc(O)c2)ccc1O. The van der Waals surface area contributed by atoms with Crippen molar-refractivity contribution >= 4 is 5.78 Å². The summed E-state index contributed by atoms with van der Waals surface area (Å²) in [5.74, 6) is -0.436. The molecule has 9 heteroatoms. The van der Waals surface area contributed by atoms with Crippen molar-refractivity contribution in [1.82, 2.24) is 4.98 Å². The first-order chi connectivity index (χ1) is 20.2. The number of aromatic hydroxyl groups is 3. The zero-order valence-corrected chi connectivity index (χ0v) is 23.6.